The van der Waals surface area contributed by atoms with Crippen LogP contribution in [0.4, 0.5) is 4.39 Å². The molecule has 0 amide bonds. The topological polar surface area (TPSA) is 62.7 Å². The normalized spacial score (nSPS) is 35.5. The molecule has 4 aliphatic rings. The number of hydrogen-bond donors (Lipinski definition) is 2. The van der Waals surface area contributed by atoms with Crippen molar-refractivity contribution in [3.05, 3.63) is 16.6 Å². The van der Waals surface area contributed by atoms with Gasteiger partial charge in [0.05, 0.1) is 24.7 Å². The van der Waals surface area contributed by atoms with Crippen LogP contribution in [0.2, 0.25) is 0 Å². The minimum absolute atomic E-state index is 0.110. The number of nitrogens with one attached hydrogen (secondary N) is 2. The summed E-state index contributed by atoms with van der Waals surface area (Å²) in [7, 11) is 0. The summed E-state index contributed by atoms with van der Waals surface area (Å²) < 4.78 is 12.3. The fraction of sp³-hybridized carbons (Fsp3) is 0.833. The van der Waals surface area contributed by atoms with Gasteiger partial charge in [0.1, 0.15) is 19.0 Å². The zero-order valence-corrected chi connectivity index (χ0v) is 14.9. The Kier molecular flexibility index (Phi) is 4.97. The van der Waals surface area contributed by atoms with Gasteiger partial charge in [-0.25, -0.2) is 4.39 Å². The van der Waals surface area contributed by atoms with Crippen LogP contribution in [0.15, 0.2) is 16.4 Å². The molecule has 3 aliphatic heterocycles. The van der Waals surface area contributed by atoms with Crippen molar-refractivity contribution in [3.8, 4) is 0 Å². The van der Waals surface area contributed by atoms with Crippen LogP contribution in [0.25, 0.3) is 0 Å². The van der Waals surface area contributed by atoms with Crippen molar-refractivity contribution in [2.24, 2.45) is 10.9 Å². The Labute approximate surface area is 149 Å². The van der Waals surface area contributed by atoms with Crippen molar-refractivity contribution in [3.63, 3.8) is 0 Å². The Hall–Kier alpha value is -1.18. The van der Waals surface area contributed by atoms with E-state index in [1.54, 1.807) is 0 Å². The molecule has 0 bridgehead atoms. The fourth-order valence-electron chi connectivity index (χ4n) is 5.04. The maximum absolute atomic E-state index is 13.7. The molecule has 0 radical (unpaired) electrons. The van der Waals surface area contributed by atoms with Gasteiger partial charge in [-0.3, -0.25) is 10.3 Å². The lowest BCUT2D eigenvalue weighted by Crippen LogP contribution is -2.51. The van der Waals surface area contributed by atoms with Crippen molar-refractivity contribution >= 4 is 6.21 Å². The number of halogens is 1. The Morgan fingerprint density at radius 1 is 1.32 bits per heavy atom. The van der Waals surface area contributed by atoms with Gasteiger partial charge in [-0.05, 0) is 25.7 Å². The van der Waals surface area contributed by atoms with Gasteiger partial charge in [-0.15, -0.1) is 0 Å². The molecule has 6 nitrogen and oxygen atoms in total. The molecule has 1 aliphatic carbocycles. The first kappa shape index (κ1) is 17.2. The Balaban J connectivity index is 1.54. The van der Waals surface area contributed by atoms with Crippen LogP contribution in [0.3, 0.4) is 0 Å². The smallest absolute Gasteiger partial charge is 0.174 e. The van der Waals surface area contributed by atoms with Gasteiger partial charge in [-0.2, -0.15) is 0 Å². The molecule has 0 aromatic carbocycles. The average Bonchev–Trinajstić information content (AvgIpc) is 3.23. The highest BCUT2D eigenvalue weighted by molar-refractivity contribution is 5.81. The molecule has 2 unspecified atom stereocenters. The van der Waals surface area contributed by atoms with Crippen molar-refractivity contribution in [2.45, 2.75) is 50.9 Å². The van der Waals surface area contributed by atoms with Crippen LogP contribution in [-0.2, 0) is 0 Å². The third kappa shape index (κ3) is 3.68. The number of nitrogens with zero attached hydrogens (tertiary/aromatic N) is 3. The van der Waals surface area contributed by atoms with Crippen LogP contribution in [0, 0.1) is 11.1 Å². The quantitative estimate of drug-likeness (QED) is 0.585. The Bertz CT molecular complexity index is 548. The summed E-state index contributed by atoms with van der Waals surface area (Å²) in [6, 6.07) is 0.312. The van der Waals surface area contributed by atoms with Crippen molar-refractivity contribution in [2.75, 3.05) is 39.4 Å². The van der Waals surface area contributed by atoms with Gasteiger partial charge in [0.2, 0.25) is 0 Å². The van der Waals surface area contributed by atoms with Crippen LogP contribution < -0.4 is 10.6 Å². The van der Waals surface area contributed by atoms with Crippen LogP contribution in [0.1, 0.15) is 38.5 Å². The number of rotatable bonds is 5. The molecular weight excluding hydrogens is 321 g/mol. The number of hydrogen-bond acceptors (Lipinski definition) is 5. The molecule has 1 saturated carbocycles. The summed E-state index contributed by atoms with van der Waals surface area (Å²) in [6.07, 6.45) is 8.75. The van der Waals surface area contributed by atoms with E-state index < -0.39 is 6.67 Å². The maximum Gasteiger partial charge on any atom is 0.174 e. The van der Waals surface area contributed by atoms with E-state index in [-0.39, 0.29) is 17.5 Å². The molecule has 2 fully saturated rings. The van der Waals surface area contributed by atoms with E-state index >= 15 is 0 Å². The molecular formula is C18H30FN5O. The summed E-state index contributed by atoms with van der Waals surface area (Å²) in [5, 5.41) is 20.1. The molecule has 3 heterocycles. The lowest BCUT2D eigenvalue weighted by atomic mass is 10.1. The Morgan fingerprint density at radius 2 is 2.16 bits per heavy atom. The van der Waals surface area contributed by atoms with E-state index in [0.717, 1.165) is 37.3 Å². The van der Waals surface area contributed by atoms with Crippen LogP contribution in [0.5, 0.6) is 0 Å². The van der Waals surface area contributed by atoms with E-state index in [1.165, 1.54) is 25.7 Å². The largest absolute Gasteiger partial charge is 0.632 e. The fourth-order valence-corrected chi connectivity index (χ4v) is 5.04. The highest BCUT2D eigenvalue weighted by Gasteiger charge is 2.40. The van der Waals surface area contributed by atoms with E-state index in [1.807, 2.05) is 6.21 Å². The predicted octanol–water partition coefficient (Wildman–Crippen LogP) is 1.70. The molecule has 25 heavy (non-hydrogen) atoms. The predicted molar refractivity (Wildman–Crippen MR) is 96.3 cm³/mol. The van der Waals surface area contributed by atoms with Crippen molar-refractivity contribution in [1.82, 2.24) is 15.5 Å². The molecule has 2 N–H and O–H groups in total. The van der Waals surface area contributed by atoms with E-state index in [4.69, 9.17) is 0 Å². The summed E-state index contributed by atoms with van der Waals surface area (Å²) >= 11 is 0. The zero-order valence-electron chi connectivity index (χ0n) is 14.9. The maximum atomic E-state index is 13.7. The Morgan fingerprint density at radius 3 is 2.96 bits per heavy atom. The molecule has 140 valence electrons. The first-order chi connectivity index (χ1) is 12.2. The van der Waals surface area contributed by atoms with E-state index in [9.17, 15) is 9.60 Å². The standard InChI is InChI=1S/C18H30FN5O/c19-7-8-20-18-21-10-15-12-24(25,11-14-4-1-2-5-14)13-16-6-3-9-23(16)17(15)22-18/h10,14,16,18,20,22H,1-9,11-13H2/t16?,18-,24?/m0/s1. The minimum atomic E-state index is -0.409. The molecule has 3 atom stereocenters. The SMILES string of the molecule is [O-][N+]1(CC2CCCC2)CC2=C(N[C@@H](NCCF)N=C2)N2CCCC2C1. The van der Waals surface area contributed by atoms with Crippen LogP contribution >= 0.6 is 0 Å². The van der Waals surface area contributed by atoms with E-state index in [2.05, 4.69) is 20.5 Å². The molecule has 0 spiro atoms. The number of alkyl halides is 1. The van der Waals surface area contributed by atoms with Gasteiger partial charge in [0.15, 0.2) is 6.29 Å². The third-order valence-electron chi connectivity index (χ3n) is 6.12. The zero-order chi connectivity index (χ0) is 17.3. The lowest BCUT2D eigenvalue weighted by Gasteiger charge is -2.45. The average molecular weight is 351 g/mol. The van der Waals surface area contributed by atoms with Gasteiger partial charge in [-0.1, -0.05) is 12.8 Å². The number of quaternary nitrogens is 1. The molecule has 0 aromatic heterocycles. The summed E-state index contributed by atoms with van der Waals surface area (Å²) in [4.78, 5) is 6.83. The summed E-state index contributed by atoms with van der Waals surface area (Å²) in [5.41, 5.74) is 1.02. The van der Waals surface area contributed by atoms with Crippen molar-refractivity contribution < 1.29 is 9.04 Å². The number of fused-ring (bicyclic) bond motifs is 2. The van der Waals surface area contributed by atoms with Crippen molar-refractivity contribution in [1.29, 1.82) is 0 Å². The van der Waals surface area contributed by atoms with E-state index in [0.29, 0.717) is 25.0 Å². The monoisotopic (exact) mass is 351 g/mol. The van der Waals surface area contributed by atoms with Crippen LogP contribution in [-0.4, -0.2) is 67.5 Å². The lowest BCUT2D eigenvalue weighted by molar-refractivity contribution is -0.880. The summed E-state index contributed by atoms with van der Waals surface area (Å²) in [5.74, 6) is 1.64. The van der Waals surface area contributed by atoms with Gasteiger partial charge in [0, 0.05) is 25.2 Å². The third-order valence-corrected chi connectivity index (χ3v) is 6.12. The van der Waals surface area contributed by atoms with Gasteiger partial charge in [0.25, 0.3) is 0 Å². The second kappa shape index (κ2) is 7.21. The molecule has 1 saturated heterocycles. The van der Waals surface area contributed by atoms with Gasteiger partial charge < -0.3 is 20.1 Å². The first-order valence-corrected chi connectivity index (χ1v) is 9.83. The molecule has 0 aromatic rings. The summed E-state index contributed by atoms with van der Waals surface area (Å²) in [6.45, 7) is 2.80. The number of aliphatic imine (C=N–C) groups is 1. The first-order valence-electron chi connectivity index (χ1n) is 9.83. The molecule has 7 heteroatoms. The highest BCUT2D eigenvalue weighted by Crippen LogP contribution is 2.34. The number of hydroxylamine groups is 3. The highest BCUT2D eigenvalue weighted by atomic mass is 19.1. The second-order valence-electron chi connectivity index (χ2n) is 8.06. The van der Waals surface area contributed by atoms with Gasteiger partial charge >= 0.3 is 0 Å². The minimum Gasteiger partial charge on any atom is -0.632 e. The molecule has 4 rings (SSSR count). The second-order valence-corrected chi connectivity index (χ2v) is 8.06.